The lowest BCUT2D eigenvalue weighted by atomic mass is 10.1. The van der Waals surface area contributed by atoms with E-state index in [1.807, 2.05) is 13.8 Å². The van der Waals surface area contributed by atoms with Crippen molar-refractivity contribution in [1.29, 1.82) is 0 Å². The van der Waals surface area contributed by atoms with Gasteiger partial charge in [0, 0.05) is 6.92 Å². The van der Waals surface area contributed by atoms with Crippen molar-refractivity contribution in [3.63, 3.8) is 0 Å². The molecule has 0 spiro atoms. The van der Waals surface area contributed by atoms with Gasteiger partial charge in [-0.25, -0.2) is 0 Å². The summed E-state index contributed by atoms with van der Waals surface area (Å²) in [6, 6.07) is 0. The van der Waals surface area contributed by atoms with Gasteiger partial charge in [-0.3, -0.25) is 4.79 Å². The van der Waals surface area contributed by atoms with E-state index in [-0.39, 0.29) is 13.2 Å². The van der Waals surface area contributed by atoms with Crippen LogP contribution >= 0.6 is 0 Å². The molecule has 0 unspecified atom stereocenters. The molecule has 0 amide bonds. The number of hydrogen-bond donors (Lipinski definition) is 3. The summed E-state index contributed by atoms with van der Waals surface area (Å²) in [6.45, 7) is 5.25. The van der Waals surface area contributed by atoms with E-state index in [4.69, 9.17) is 20.1 Å². The fourth-order valence-electron chi connectivity index (χ4n) is 0.921. The van der Waals surface area contributed by atoms with Crippen molar-refractivity contribution in [2.45, 2.75) is 33.6 Å². The fraction of sp³-hybridized carbons (Fsp3) is 0.583. The molecule has 94 valence electrons. The van der Waals surface area contributed by atoms with Crippen molar-refractivity contribution in [3.05, 3.63) is 23.3 Å². The second kappa shape index (κ2) is 11.9. The summed E-state index contributed by atoms with van der Waals surface area (Å²) in [4.78, 5) is 9.00. The molecule has 0 aliphatic rings. The van der Waals surface area contributed by atoms with Gasteiger partial charge < -0.3 is 15.3 Å². The van der Waals surface area contributed by atoms with E-state index >= 15 is 0 Å². The first kappa shape index (κ1) is 17.3. The number of carbonyl (C=O) groups is 1. The van der Waals surface area contributed by atoms with Gasteiger partial charge in [0.25, 0.3) is 5.97 Å². The van der Waals surface area contributed by atoms with Crippen LogP contribution < -0.4 is 0 Å². The zero-order valence-electron chi connectivity index (χ0n) is 10.2. The minimum Gasteiger partial charge on any atom is -0.481 e. The zero-order chi connectivity index (χ0) is 13.0. The number of aliphatic carboxylic acids is 1. The number of rotatable bonds is 5. The largest absolute Gasteiger partial charge is 0.481 e. The van der Waals surface area contributed by atoms with E-state index in [1.165, 1.54) is 5.57 Å². The second-order valence-corrected chi connectivity index (χ2v) is 3.54. The average molecular weight is 230 g/mol. The summed E-state index contributed by atoms with van der Waals surface area (Å²) < 4.78 is 0. The summed E-state index contributed by atoms with van der Waals surface area (Å²) in [7, 11) is 0. The van der Waals surface area contributed by atoms with E-state index in [2.05, 4.69) is 6.08 Å². The van der Waals surface area contributed by atoms with Crippen LogP contribution in [0, 0.1) is 0 Å². The first-order valence-corrected chi connectivity index (χ1v) is 5.16. The lowest BCUT2D eigenvalue weighted by Gasteiger charge is -2.00. The van der Waals surface area contributed by atoms with Crippen molar-refractivity contribution >= 4 is 5.97 Å². The Morgan fingerprint density at radius 2 is 1.62 bits per heavy atom. The molecule has 4 nitrogen and oxygen atoms in total. The average Bonchev–Trinajstić information content (AvgIpc) is 2.15. The highest BCUT2D eigenvalue weighted by Gasteiger charge is 1.92. The van der Waals surface area contributed by atoms with Crippen molar-refractivity contribution in [3.8, 4) is 0 Å². The third kappa shape index (κ3) is 18.6. The van der Waals surface area contributed by atoms with Crippen molar-refractivity contribution in [2.75, 3.05) is 13.2 Å². The SMILES string of the molecule is CC(=O)O.CC(C)=CCCC(=CCO)CO. The van der Waals surface area contributed by atoms with Crippen LogP contribution in [-0.2, 0) is 4.79 Å². The molecule has 3 N–H and O–H groups in total. The Bertz CT molecular complexity index is 233. The Morgan fingerprint density at radius 1 is 1.12 bits per heavy atom. The van der Waals surface area contributed by atoms with Gasteiger partial charge in [-0.2, -0.15) is 0 Å². The Kier molecular flexibility index (Phi) is 12.9. The quantitative estimate of drug-likeness (QED) is 0.629. The van der Waals surface area contributed by atoms with E-state index in [1.54, 1.807) is 6.08 Å². The molecule has 0 aliphatic carbocycles. The van der Waals surface area contributed by atoms with Crippen molar-refractivity contribution in [1.82, 2.24) is 0 Å². The highest BCUT2D eigenvalue weighted by molar-refractivity contribution is 5.62. The second-order valence-electron chi connectivity index (χ2n) is 3.54. The predicted octanol–water partition coefficient (Wildman–Crippen LogP) is 1.73. The summed E-state index contributed by atoms with van der Waals surface area (Å²) in [6.07, 6.45) is 5.57. The Hall–Kier alpha value is -1.13. The molecular formula is C12H22O4. The summed E-state index contributed by atoms with van der Waals surface area (Å²) in [5.74, 6) is -0.833. The van der Waals surface area contributed by atoms with Gasteiger partial charge in [-0.15, -0.1) is 0 Å². The van der Waals surface area contributed by atoms with Crippen LogP contribution in [0.2, 0.25) is 0 Å². The summed E-state index contributed by atoms with van der Waals surface area (Å²) in [5.41, 5.74) is 2.20. The lowest BCUT2D eigenvalue weighted by Crippen LogP contribution is -1.92. The molecule has 0 saturated carbocycles. The van der Waals surface area contributed by atoms with E-state index < -0.39 is 5.97 Å². The lowest BCUT2D eigenvalue weighted by molar-refractivity contribution is -0.134. The van der Waals surface area contributed by atoms with E-state index in [9.17, 15) is 0 Å². The fourth-order valence-corrected chi connectivity index (χ4v) is 0.921. The molecule has 0 aromatic carbocycles. The monoisotopic (exact) mass is 230 g/mol. The first-order chi connectivity index (χ1) is 7.43. The Morgan fingerprint density at radius 3 is 1.94 bits per heavy atom. The third-order valence-corrected chi connectivity index (χ3v) is 1.60. The molecular weight excluding hydrogens is 208 g/mol. The zero-order valence-corrected chi connectivity index (χ0v) is 10.2. The minimum atomic E-state index is -0.833. The van der Waals surface area contributed by atoms with Gasteiger partial charge in [0.1, 0.15) is 0 Å². The molecule has 16 heavy (non-hydrogen) atoms. The molecule has 0 heterocycles. The van der Waals surface area contributed by atoms with Crippen LogP contribution in [0.25, 0.3) is 0 Å². The first-order valence-electron chi connectivity index (χ1n) is 5.16. The number of hydrogen-bond acceptors (Lipinski definition) is 3. The summed E-state index contributed by atoms with van der Waals surface area (Å²) >= 11 is 0. The van der Waals surface area contributed by atoms with Crippen LogP contribution in [0.1, 0.15) is 33.6 Å². The molecule has 0 aromatic heterocycles. The van der Waals surface area contributed by atoms with E-state index in [0.717, 1.165) is 25.3 Å². The molecule has 0 aliphatic heterocycles. The standard InChI is InChI=1S/C10H18O2.C2H4O2/c1-9(2)4-3-5-10(8-12)6-7-11;1-2(3)4/h4,6,11-12H,3,5,7-8H2,1-2H3;1H3,(H,3,4). The van der Waals surface area contributed by atoms with Crippen LogP contribution in [0.5, 0.6) is 0 Å². The van der Waals surface area contributed by atoms with Gasteiger partial charge in [-0.05, 0) is 32.3 Å². The van der Waals surface area contributed by atoms with Crippen LogP contribution in [0.15, 0.2) is 23.3 Å². The maximum absolute atomic E-state index is 9.00. The smallest absolute Gasteiger partial charge is 0.300 e. The number of aliphatic hydroxyl groups excluding tert-OH is 2. The predicted molar refractivity (Wildman–Crippen MR) is 64.2 cm³/mol. The minimum absolute atomic E-state index is 0.0186. The maximum Gasteiger partial charge on any atom is 0.300 e. The van der Waals surface area contributed by atoms with Gasteiger partial charge in [-0.1, -0.05) is 17.7 Å². The molecule has 0 aromatic rings. The Labute approximate surface area is 96.9 Å². The number of carboxylic acids is 1. The normalized spacial score (nSPS) is 10.2. The highest BCUT2D eigenvalue weighted by Crippen LogP contribution is 2.06. The molecule has 0 bridgehead atoms. The molecule has 0 saturated heterocycles. The topological polar surface area (TPSA) is 77.8 Å². The van der Waals surface area contributed by atoms with Gasteiger partial charge in [0.2, 0.25) is 0 Å². The van der Waals surface area contributed by atoms with Gasteiger partial charge in [0.15, 0.2) is 0 Å². The van der Waals surface area contributed by atoms with Crippen molar-refractivity contribution < 1.29 is 20.1 Å². The molecule has 0 rings (SSSR count). The molecule has 0 radical (unpaired) electrons. The van der Waals surface area contributed by atoms with Crippen LogP contribution in [0.3, 0.4) is 0 Å². The van der Waals surface area contributed by atoms with Gasteiger partial charge in [0.05, 0.1) is 13.2 Å². The van der Waals surface area contributed by atoms with Crippen LogP contribution in [0.4, 0.5) is 0 Å². The van der Waals surface area contributed by atoms with Gasteiger partial charge >= 0.3 is 0 Å². The third-order valence-electron chi connectivity index (χ3n) is 1.60. The number of aliphatic hydroxyl groups is 2. The van der Waals surface area contributed by atoms with Crippen molar-refractivity contribution in [2.24, 2.45) is 0 Å². The molecule has 0 fully saturated rings. The molecule has 0 atom stereocenters. The number of allylic oxidation sites excluding steroid dienone is 2. The maximum atomic E-state index is 9.00. The summed E-state index contributed by atoms with van der Waals surface area (Å²) in [5, 5.41) is 24.8. The highest BCUT2D eigenvalue weighted by atomic mass is 16.4. The number of carboxylic acid groups (broad SMARTS) is 1. The molecule has 4 heteroatoms. The van der Waals surface area contributed by atoms with Crippen LogP contribution in [-0.4, -0.2) is 34.5 Å². The van der Waals surface area contributed by atoms with E-state index in [0.29, 0.717) is 0 Å². The Balaban J connectivity index is 0.